The Bertz CT molecular complexity index is 278. The number of carbonyl (C=O) groups is 3. The van der Waals surface area contributed by atoms with Gasteiger partial charge in [-0.25, -0.2) is 9.59 Å². The second kappa shape index (κ2) is 6.62. The van der Waals surface area contributed by atoms with Crippen LogP contribution in [0, 0.1) is 0 Å². The lowest BCUT2D eigenvalue weighted by Crippen LogP contribution is -2.53. The molecular formula is C8H14N2O6. The van der Waals surface area contributed by atoms with Gasteiger partial charge in [0.1, 0.15) is 6.04 Å². The SMILES string of the molecule is COC(=O)NC(=O)C(NC(=O)OC)C(C)O. The second-order valence-electron chi connectivity index (χ2n) is 2.84. The van der Waals surface area contributed by atoms with Gasteiger partial charge in [0, 0.05) is 0 Å². The molecule has 8 nitrogen and oxygen atoms in total. The van der Waals surface area contributed by atoms with Crippen LogP contribution in [0.5, 0.6) is 0 Å². The highest BCUT2D eigenvalue weighted by Gasteiger charge is 2.27. The van der Waals surface area contributed by atoms with Crippen molar-refractivity contribution in [2.45, 2.75) is 19.1 Å². The number of aliphatic hydroxyl groups is 1. The van der Waals surface area contributed by atoms with Gasteiger partial charge in [-0.15, -0.1) is 0 Å². The van der Waals surface area contributed by atoms with Gasteiger partial charge in [-0.2, -0.15) is 0 Å². The number of amides is 3. The molecule has 0 rings (SSSR count). The van der Waals surface area contributed by atoms with Crippen LogP contribution in [0.4, 0.5) is 9.59 Å². The maximum Gasteiger partial charge on any atom is 0.413 e. The minimum atomic E-state index is -1.30. The molecule has 0 spiro atoms. The molecule has 0 aliphatic carbocycles. The number of hydrogen-bond donors (Lipinski definition) is 3. The summed E-state index contributed by atoms with van der Waals surface area (Å²) in [6.45, 7) is 1.28. The predicted octanol–water partition coefficient (Wildman–Crippen LogP) is -1.03. The normalized spacial score (nSPS) is 13.2. The second-order valence-corrected chi connectivity index (χ2v) is 2.84. The molecule has 0 aromatic rings. The molecule has 0 saturated carbocycles. The van der Waals surface area contributed by atoms with E-state index in [-0.39, 0.29) is 0 Å². The van der Waals surface area contributed by atoms with Gasteiger partial charge in [0.05, 0.1) is 20.3 Å². The molecule has 0 saturated heterocycles. The highest BCUT2D eigenvalue weighted by Crippen LogP contribution is 1.94. The van der Waals surface area contributed by atoms with Crippen molar-refractivity contribution in [1.29, 1.82) is 0 Å². The van der Waals surface area contributed by atoms with E-state index in [4.69, 9.17) is 0 Å². The number of alkyl carbamates (subject to hydrolysis) is 2. The molecule has 2 atom stereocenters. The summed E-state index contributed by atoms with van der Waals surface area (Å²) in [5, 5.41) is 13.1. The average Bonchev–Trinajstić information content (AvgIpc) is 2.24. The third-order valence-corrected chi connectivity index (χ3v) is 1.63. The molecule has 0 fully saturated rings. The number of methoxy groups -OCH3 is 2. The molecule has 16 heavy (non-hydrogen) atoms. The lowest BCUT2D eigenvalue weighted by atomic mass is 10.2. The van der Waals surface area contributed by atoms with Crippen molar-refractivity contribution in [3.8, 4) is 0 Å². The summed E-state index contributed by atoms with van der Waals surface area (Å²) in [5.41, 5.74) is 0. The van der Waals surface area contributed by atoms with Gasteiger partial charge in [-0.05, 0) is 6.92 Å². The maximum atomic E-state index is 11.4. The summed E-state index contributed by atoms with van der Waals surface area (Å²) >= 11 is 0. The Morgan fingerprint density at radius 1 is 1.12 bits per heavy atom. The highest BCUT2D eigenvalue weighted by molar-refractivity contribution is 5.96. The van der Waals surface area contributed by atoms with Gasteiger partial charge < -0.3 is 19.9 Å². The van der Waals surface area contributed by atoms with Crippen LogP contribution < -0.4 is 10.6 Å². The van der Waals surface area contributed by atoms with Crippen LogP contribution in [0.3, 0.4) is 0 Å². The maximum absolute atomic E-state index is 11.4. The molecule has 0 aromatic heterocycles. The molecule has 3 N–H and O–H groups in total. The van der Waals surface area contributed by atoms with Gasteiger partial charge in [-0.1, -0.05) is 0 Å². The van der Waals surface area contributed by atoms with Gasteiger partial charge in [0.25, 0.3) is 5.91 Å². The van der Waals surface area contributed by atoms with E-state index in [2.05, 4.69) is 14.8 Å². The van der Waals surface area contributed by atoms with Gasteiger partial charge in [0.15, 0.2) is 0 Å². The zero-order chi connectivity index (χ0) is 12.7. The lowest BCUT2D eigenvalue weighted by molar-refractivity contribution is -0.124. The van der Waals surface area contributed by atoms with Crippen molar-refractivity contribution in [2.24, 2.45) is 0 Å². The van der Waals surface area contributed by atoms with E-state index in [1.54, 1.807) is 0 Å². The fraction of sp³-hybridized carbons (Fsp3) is 0.625. The highest BCUT2D eigenvalue weighted by atomic mass is 16.5. The molecule has 0 heterocycles. The van der Waals surface area contributed by atoms with Gasteiger partial charge in [0.2, 0.25) is 0 Å². The summed E-state index contributed by atoms with van der Waals surface area (Å²) in [6.07, 6.45) is -3.07. The van der Waals surface area contributed by atoms with Crippen molar-refractivity contribution >= 4 is 18.1 Å². The molecule has 92 valence electrons. The Balaban J connectivity index is 4.47. The first-order chi connectivity index (χ1) is 7.42. The molecule has 2 unspecified atom stereocenters. The number of ether oxygens (including phenoxy) is 2. The Hall–Kier alpha value is -1.83. The van der Waals surface area contributed by atoms with E-state index < -0.39 is 30.2 Å². The van der Waals surface area contributed by atoms with E-state index in [0.29, 0.717) is 0 Å². The fourth-order valence-electron chi connectivity index (χ4n) is 0.820. The van der Waals surface area contributed by atoms with Crippen molar-refractivity contribution in [2.75, 3.05) is 14.2 Å². The van der Waals surface area contributed by atoms with Gasteiger partial charge >= 0.3 is 12.2 Å². The quantitative estimate of drug-likeness (QED) is 0.575. The van der Waals surface area contributed by atoms with Crippen LogP contribution in [-0.4, -0.2) is 49.6 Å². The standard InChI is InChI=1S/C8H14N2O6/c1-4(11)5(9-7(13)15-2)6(12)10-8(14)16-3/h4-5,11H,1-3H3,(H,9,13)(H,10,12,14). The number of aliphatic hydroxyl groups excluding tert-OH is 1. The Kier molecular flexibility index (Phi) is 5.86. The summed E-state index contributed by atoms with van der Waals surface area (Å²) in [6, 6.07) is -1.30. The zero-order valence-corrected chi connectivity index (χ0v) is 9.14. The van der Waals surface area contributed by atoms with Crippen LogP contribution in [-0.2, 0) is 14.3 Å². The van der Waals surface area contributed by atoms with E-state index in [0.717, 1.165) is 14.2 Å². The van der Waals surface area contributed by atoms with Crippen molar-refractivity contribution in [1.82, 2.24) is 10.6 Å². The monoisotopic (exact) mass is 234 g/mol. The van der Waals surface area contributed by atoms with Crippen molar-refractivity contribution in [3.05, 3.63) is 0 Å². The van der Waals surface area contributed by atoms with Crippen LogP contribution >= 0.6 is 0 Å². The molecule has 0 aliphatic rings. The topological polar surface area (TPSA) is 114 Å². The van der Waals surface area contributed by atoms with Crippen LogP contribution in [0.2, 0.25) is 0 Å². The minimum absolute atomic E-state index is 0.896. The third-order valence-electron chi connectivity index (χ3n) is 1.63. The van der Waals surface area contributed by atoms with Crippen LogP contribution in [0.1, 0.15) is 6.92 Å². The number of hydrogen-bond acceptors (Lipinski definition) is 6. The fourth-order valence-corrected chi connectivity index (χ4v) is 0.820. The largest absolute Gasteiger partial charge is 0.453 e. The van der Waals surface area contributed by atoms with E-state index in [1.807, 2.05) is 5.32 Å². The first kappa shape index (κ1) is 14.2. The number of carbonyl (C=O) groups excluding carboxylic acids is 3. The Labute approximate surface area is 91.9 Å². The summed E-state index contributed by atoms with van der Waals surface area (Å²) in [5.74, 6) is -0.896. The first-order valence-corrected chi connectivity index (χ1v) is 4.33. The summed E-state index contributed by atoms with van der Waals surface area (Å²) in [4.78, 5) is 32.9. The van der Waals surface area contributed by atoms with Crippen molar-refractivity contribution in [3.63, 3.8) is 0 Å². The number of imide groups is 1. The first-order valence-electron chi connectivity index (χ1n) is 4.33. The van der Waals surface area contributed by atoms with Crippen molar-refractivity contribution < 1.29 is 29.0 Å². The van der Waals surface area contributed by atoms with E-state index >= 15 is 0 Å². The van der Waals surface area contributed by atoms with Gasteiger partial charge in [-0.3, -0.25) is 10.1 Å². The summed E-state index contributed by atoms with van der Waals surface area (Å²) < 4.78 is 8.44. The average molecular weight is 234 g/mol. The number of rotatable bonds is 3. The molecule has 0 aliphatic heterocycles. The summed E-state index contributed by atoms with van der Waals surface area (Å²) in [7, 11) is 2.18. The molecule has 0 aromatic carbocycles. The van der Waals surface area contributed by atoms with E-state index in [1.165, 1.54) is 6.92 Å². The molecule has 0 radical (unpaired) electrons. The minimum Gasteiger partial charge on any atom is -0.453 e. The number of nitrogens with one attached hydrogen (secondary N) is 2. The van der Waals surface area contributed by atoms with Crippen LogP contribution in [0.15, 0.2) is 0 Å². The molecule has 8 heteroatoms. The van der Waals surface area contributed by atoms with Crippen LogP contribution in [0.25, 0.3) is 0 Å². The Morgan fingerprint density at radius 2 is 1.62 bits per heavy atom. The predicted molar refractivity (Wildman–Crippen MR) is 51.6 cm³/mol. The Morgan fingerprint density at radius 3 is 2.00 bits per heavy atom. The van der Waals surface area contributed by atoms with E-state index in [9.17, 15) is 19.5 Å². The molecule has 0 bridgehead atoms. The lowest BCUT2D eigenvalue weighted by Gasteiger charge is -2.18. The molecule has 3 amide bonds. The smallest absolute Gasteiger partial charge is 0.413 e. The molecular weight excluding hydrogens is 220 g/mol. The third kappa shape index (κ3) is 4.60. The zero-order valence-electron chi connectivity index (χ0n) is 9.14.